The summed E-state index contributed by atoms with van der Waals surface area (Å²) in [5.41, 5.74) is 1.13. The number of carboxylic acids is 1. The van der Waals surface area contributed by atoms with E-state index in [2.05, 4.69) is 4.74 Å². The number of ether oxygens (including phenoxy) is 2. The molecule has 3 aromatic rings. The molecule has 0 spiro atoms. The molecule has 1 atom stereocenters. The second kappa shape index (κ2) is 11.4. The molecule has 1 heterocycles. The zero-order valence-electron chi connectivity index (χ0n) is 20.8. The summed E-state index contributed by atoms with van der Waals surface area (Å²) in [5, 5.41) is 9.27. The first-order valence-corrected chi connectivity index (χ1v) is 13.6. The number of allylic oxidation sites excluding steroid dienone is 1. The van der Waals surface area contributed by atoms with Crippen molar-refractivity contribution in [2.75, 3.05) is 10.8 Å². The topological polar surface area (TPSA) is 93.1 Å². The largest absolute Gasteiger partial charge is 0.573 e. The van der Waals surface area contributed by atoms with Crippen LogP contribution in [0.15, 0.2) is 65.6 Å². The first kappa shape index (κ1) is 29.2. The molecule has 0 fully saturated rings. The van der Waals surface area contributed by atoms with Crippen LogP contribution in [0, 0.1) is 5.82 Å². The van der Waals surface area contributed by atoms with Crippen molar-refractivity contribution in [1.82, 2.24) is 0 Å². The van der Waals surface area contributed by atoms with Crippen molar-refractivity contribution in [3.05, 3.63) is 82.6 Å². The lowest BCUT2D eigenvalue weighted by atomic mass is 10.0. The average molecular weight is 600 g/mol. The van der Waals surface area contributed by atoms with Gasteiger partial charge in [0, 0.05) is 18.1 Å². The Morgan fingerprint density at radius 2 is 1.90 bits per heavy atom. The molecule has 0 saturated carbocycles. The van der Waals surface area contributed by atoms with Gasteiger partial charge in [-0.05, 0) is 60.9 Å². The molecule has 0 radical (unpaired) electrons. The van der Waals surface area contributed by atoms with Crippen LogP contribution in [0.25, 0.3) is 11.6 Å². The van der Waals surface area contributed by atoms with Gasteiger partial charge in [-0.1, -0.05) is 35.9 Å². The number of carboxylic acid groups (broad SMARTS) is 1. The fourth-order valence-electron chi connectivity index (χ4n) is 4.24. The fourth-order valence-corrected chi connectivity index (χ4v) is 6.08. The molecule has 0 aliphatic carbocycles. The zero-order valence-corrected chi connectivity index (χ0v) is 22.4. The summed E-state index contributed by atoms with van der Waals surface area (Å²) in [4.78, 5) is 10.6. The number of benzene rings is 3. The van der Waals surface area contributed by atoms with Gasteiger partial charge in [-0.2, -0.15) is 0 Å². The van der Waals surface area contributed by atoms with Gasteiger partial charge in [0.15, 0.2) is 0 Å². The van der Waals surface area contributed by atoms with E-state index >= 15 is 0 Å². The van der Waals surface area contributed by atoms with Crippen LogP contribution in [0.4, 0.5) is 23.2 Å². The van der Waals surface area contributed by atoms with Crippen molar-refractivity contribution in [1.29, 1.82) is 0 Å². The minimum absolute atomic E-state index is 0.0233. The molecule has 1 aliphatic heterocycles. The maximum atomic E-state index is 14.4. The lowest BCUT2D eigenvalue weighted by molar-refractivity contribution is -0.274. The van der Waals surface area contributed by atoms with Crippen molar-refractivity contribution in [2.45, 2.75) is 37.1 Å². The highest BCUT2D eigenvalue weighted by Gasteiger charge is 2.36. The van der Waals surface area contributed by atoms with Crippen LogP contribution in [-0.4, -0.2) is 38.5 Å². The number of carbonyl (C=O) groups is 1. The standard InChI is InChI=1S/C27H22ClF4NO6S/c1-16(26-21(28)6-3-7-22(26)29)12-17-8-10-24-23(13-17)33(15-19(38-24)9-11-25(34)35)40(36,37)20-5-2-4-18(14-20)39-27(30,31)32/h2-8,10,12-14,19H,9,11,15H2,1H3,(H,34,35)/b16-12+/t19-/m0/s1. The Hall–Kier alpha value is -3.77. The van der Waals surface area contributed by atoms with E-state index in [0.29, 0.717) is 11.1 Å². The Bertz CT molecular complexity index is 1560. The lowest BCUT2D eigenvalue weighted by Gasteiger charge is -2.35. The smallest absolute Gasteiger partial charge is 0.486 e. The molecule has 0 amide bonds. The monoisotopic (exact) mass is 599 g/mol. The number of alkyl halides is 3. The first-order chi connectivity index (χ1) is 18.7. The fraction of sp³-hybridized carbons (Fsp3) is 0.222. The summed E-state index contributed by atoms with van der Waals surface area (Å²) in [6, 6.07) is 12.7. The molecule has 3 aromatic carbocycles. The Morgan fingerprint density at radius 3 is 2.58 bits per heavy atom. The maximum Gasteiger partial charge on any atom is 0.573 e. The Balaban J connectivity index is 1.78. The number of hydrogen-bond donors (Lipinski definition) is 1. The molecule has 212 valence electrons. The van der Waals surface area contributed by atoms with Crippen molar-refractivity contribution in [3.8, 4) is 11.5 Å². The normalized spacial score (nSPS) is 15.8. The van der Waals surface area contributed by atoms with Gasteiger partial charge in [-0.3, -0.25) is 9.10 Å². The molecule has 0 saturated heterocycles. The second-order valence-electron chi connectivity index (χ2n) is 8.88. The number of anilines is 1. The molecule has 1 aliphatic rings. The SMILES string of the molecule is C/C(=C\c1ccc2c(c1)N(S(=O)(=O)c1cccc(OC(F)(F)F)c1)C[C@H](CCC(=O)O)O2)c1c(F)cccc1Cl. The van der Waals surface area contributed by atoms with Gasteiger partial charge in [0.05, 0.1) is 22.2 Å². The van der Waals surface area contributed by atoms with Crippen LogP contribution in [0.3, 0.4) is 0 Å². The summed E-state index contributed by atoms with van der Waals surface area (Å²) in [7, 11) is -4.48. The van der Waals surface area contributed by atoms with Crippen molar-refractivity contribution < 1.29 is 45.4 Å². The van der Waals surface area contributed by atoms with Gasteiger partial charge in [-0.25, -0.2) is 12.8 Å². The molecular weight excluding hydrogens is 578 g/mol. The number of sulfonamides is 1. The summed E-state index contributed by atoms with van der Waals surface area (Å²) < 4.78 is 90.9. The van der Waals surface area contributed by atoms with Crippen molar-refractivity contribution in [3.63, 3.8) is 0 Å². The molecule has 40 heavy (non-hydrogen) atoms. The predicted octanol–water partition coefficient (Wildman–Crippen LogP) is 6.76. The van der Waals surface area contributed by atoms with Gasteiger partial charge in [0.2, 0.25) is 0 Å². The van der Waals surface area contributed by atoms with Gasteiger partial charge in [0.25, 0.3) is 10.0 Å². The van der Waals surface area contributed by atoms with Crippen molar-refractivity contribution >= 4 is 44.9 Å². The summed E-state index contributed by atoms with van der Waals surface area (Å²) in [5.74, 6) is -2.26. The number of nitrogens with zero attached hydrogens (tertiary/aromatic N) is 1. The molecule has 0 unspecified atom stereocenters. The Kier molecular flexibility index (Phi) is 8.31. The third-order valence-corrected chi connectivity index (χ3v) is 8.05. The van der Waals surface area contributed by atoms with E-state index in [1.165, 1.54) is 30.3 Å². The van der Waals surface area contributed by atoms with Crippen LogP contribution in [0.1, 0.15) is 30.9 Å². The molecule has 4 rings (SSSR count). The molecule has 7 nitrogen and oxygen atoms in total. The van der Waals surface area contributed by atoms with Gasteiger partial charge in [0.1, 0.15) is 23.4 Å². The third-order valence-electron chi connectivity index (χ3n) is 5.96. The third kappa shape index (κ3) is 6.68. The molecule has 0 aromatic heterocycles. The Morgan fingerprint density at radius 1 is 1.18 bits per heavy atom. The van der Waals surface area contributed by atoms with E-state index in [1.807, 2.05) is 0 Å². The van der Waals surface area contributed by atoms with Crippen LogP contribution in [-0.2, 0) is 14.8 Å². The highest BCUT2D eigenvalue weighted by Crippen LogP contribution is 2.40. The minimum Gasteiger partial charge on any atom is -0.486 e. The van der Waals surface area contributed by atoms with Crippen LogP contribution in [0.5, 0.6) is 11.5 Å². The van der Waals surface area contributed by atoms with Crippen molar-refractivity contribution in [2.24, 2.45) is 0 Å². The van der Waals surface area contributed by atoms with E-state index in [1.54, 1.807) is 19.1 Å². The second-order valence-corrected chi connectivity index (χ2v) is 11.2. The zero-order chi connectivity index (χ0) is 29.2. The molecule has 1 N–H and O–H groups in total. The first-order valence-electron chi connectivity index (χ1n) is 11.8. The van der Waals surface area contributed by atoms with E-state index < -0.39 is 44.9 Å². The highest BCUT2D eigenvalue weighted by atomic mass is 35.5. The number of hydrogen-bond acceptors (Lipinski definition) is 5. The van der Waals surface area contributed by atoms with Crippen LogP contribution >= 0.6 is 11.6 Å². The van der Waals surface area contributed by atoms with Gasteiger partial charge < -0.3 is 14.6 Å². The number of halogens is 5. The summed E-state index contributed by atoms with van der Waals surface area (Å²) in [6.45, 7) is 1.32. The highest BCUT2D eigenvalue weighted by molar-refractivity contribution is 7.92. The lowest BCUT2D eigenvalue weighted by Crippen LogP contribution is -2.43. The summed E-state index contributed by atoms with van der Waals surface area (Å²) in [6.07, 6.45) is -4.62. The van der Waals surface area contributed by atoms with E-state index in [4.69, 9.17) is 21.4 Å². The summed E-state index contributed by atoms with van der Waals surface area (Å²) >= 11 is 6.17. The van der Waals surface area contributed by atoms with E-state index in [-0.39, 0.29) is 41.4 Å². The Labute approximate surface area is 232 Å². The minimum atomic E-state index is -5.03. The number of fused-ring (bicyclic) bond motifs is 1. The molecule has 0 bridgehead atoms. The molecule has 13 heteroatoms. The van der Waals surface area contributed by atoms with E-state index in [9.17, 15) is 30.8 Å². The van der Waals surface area contributed by atoms with Crippen LogP contribution < -0.4 is 13.8 Å². The number of rotatable bonds is 8. The van der Waals surface area contributed by atoms with Gasteiger partial charge >= 0.3 is 12.3 Å². The van der Waals surface area contributed by atoms with Gasteiger partial charge in [-0.15, -0.1) is 13.2 Å². The molecular formula is C27H22ClF4NO6S. The predicted molar refractivity (Wildman–Crippen MR) is 140 cm³/mol. The maximum absolute atomic E-state index is 14.4. The number of aliphatic carboxylic acids is 1. The average Bonchev–Trinajstić information content (AvgIpc) is 2.86. The quantitative estimate of drug-likeness (QED) is 0.227. The van der Waals surface area contributed by atoms with E-state index in [0.717, 1.165) is 28.6 Å². The van der Waals surface area contributed by atoms with Crippen LogP contribution in [0.2, 0.25) is 5.02 Å².